The van der Waals surface area contributed by atoms with Gasteiger partial charge in [0.05, 0.1) is 5.69 Å². The van der Waals surface area contributed by atoms with Crippen molar-refractivity contribution in [3.05, 3.63) is 41.6 Å². The molecule has 0 saturated carbocycles. The molecular formula is C14H16N2O2. The van der Waals surface area contributed by atoms with Crippen molar-refractivity contribution >= 4 is 5.97 Å². The number of hydrogen-bond acceptors (Lipinski definition) is 2. The van der Waals surface area contributed by atoms with Gasteiger partial charge in [-0.2, -0.15) is 5.10 Å². The van der Waals surface area contributed by atoms with E-state index in [1.807, 2.05) is 24.3 Å². The van der Waals surface area contributed by atoms with Gasteiger partial charge in [0.1, 0.15) is 5.69 Å². The summed E-state index contributed by atoms with van der Waals surface area (Å²) in [6.45, 7) is 6.46. The molecule has 0 fully saturated rings. The van der Waals surface area contributed by atoms with E-state index in [0.29, 0.717) is 5.69 Å². The molecule has 1 aromatic heterocycles. The van der Waals surface area contributed by atoms with Crippen molar-refractivity contribution in [2.24, 2.45) is 0 Å². The minimum absolute atomic E-state index is 0.102. The van der Waals surface area contributed by atoms with Crippen LogP contribution in [0.5, 0.6) is 0 Å². The zero-order chi connectivity index (χ0) is 13.3. The van der Waals surface area contributed by atoms with Crippen LogP contribution in [-0.4, -0.2) is 21.3 Å². The number of rotatable bonds is 2. The van der Waals surface area contributed by atoms with Crippen molar-refractivity contribution in [1.29, 1.82) is 0 Å². The molecule has 18 heavy (non-hydrogen) atoms. The SMILES string of the molecule is CC(C)(C)c1ccc(-c2cc(C(=O)O)[nH]n2)cc1. The Labute approximate surface area is 106 Å². The molecule has 2 rings (SSSR count). The van der Waals surface area contributed by atoms with E-state index in [-0.39, 0.29) is 11.1 Å². The summed E-state index contributed by atoms with van der Waals surface area (Å²) in [5.74, 6) is -1.000. The van der Waals surface area contributed by atoms with Crippen molar-refractivity contribution in [3.63, 3.8) is 0 Å². The summed E-state index contributed by atoms with van der Waals surface area (Å²) >= 11 is 0. The van der Waals surface area contributed by atoms with Gasteiger partial charge in [-0.15, -0.1) is 0 Å². The Balaban J connectivity index is 2.31. The Morgan fingerprint density at radius 1 is 1.22 bits per heavy atom. The first-order chi connectivity index (χ1) is 8.38. The fraction of sp³-hybridized carbons (Fsp3) is 0.286. The second-order valence-corrected chi connectivity index (χ2v) is 5.30. The fourth-order valence-electron chi connectivity index (χ4n) is 1.72. The Hall–Kier alpha value is -2.10. The van der Waals surface area contributed by atoms with E-state index in [2.05, 4.69) is 31.0 Å². The molecule has 0 aliphatic heterocycles. The molecule has 0 amide bonds. The van der Waals surface area contributed by atoms with Gasteiger partial charge in [-0.25, -0.2) is 4.79 Å². The van der Waals surface area contributed by atoms with Crippen LogP contribution in [0.25, 0.3) is 11.3 Å². The number of carboxylic acid groups (broad SMARTS) is 1. The molecule has 0 bridgehead atoms. The lowest BCUT2D eigenvalue weighted by molar-refractivity contribution is 0.0690. The van der Waals surface area contributed by atoms with E-state index >= 15 is 0 Å². The van der Waals surface area contributed by atoms with Crippen LogP contribution in [0.15, 0.2) is 30.3 Å². The summed E-state index contributed by atoms with van der Waals surface area (Å²) in [4.78, 5) is 10.8. The number of carbonyl (C=O) groups is 1. The Bertz CT molecular complexity index is 562. The third kappa shape index (κ3) is 2.42. The van der Waals surface area contributed by atoms with E-state index in [1.54, 1.807) is 0 Å². The van der Waals surface area contributed by atoms with Crippen LogP contribution >= 0.6 is 0 Å². The van der Waals surface area contributed by atoms with Gasteiger partial charge in [0, 0.05) is 5.56 Å². The van der Waals surface area contributed by atoms with Crippen LogP contribution in [0.4, 0.5) is 0 Å². The van der Waals surface area contributed by atoms with E-state index in [9.17, 15) is 4.79 Å². The molecule has 0 radical (unpaired) electrons. The third-order valence-electron chi connectivity index (χ3n) is 2.85. The molecule has 0 atom stereocenters. The van der Waals surface area contributed by atoms with Gasteiger partial charge in [-0.05, 0) is 17.0 Å². The number of benzene rings is 1. The van der Waals surface area contributed by atoms with Crippen LogP contribution in [-0.2, 0) is 5.41 Å². The van der Waals surface area contributed by atoms with Gasteiger partial charge in [0.15, 0.2) is 0 Å². The molecule has 0 aliphatic rings. The summed E-state index contributed by atoms with van der Waals surface area (Å²) in [6.07, 6.45) is 0. The van der Waals surface area contributed by atoms with Gasteiger partial charge < -0.3 is 5.11 Å². The Morgan fingerprint density at radius 3 is 2.28 bits per heavy atom. The molecule has 1 heterocycles. The number of H-pyrrole nitrogens is 1. The molecular weight excluding hydrogens is 228 g/mol. The Morgan fingerprint density at radius 2 is 1.83 bits per heavy atom. The molecule has 94 valence electrons. The highest BCUT2D eigenvalue weighted by molar-refractivity contribution is 5.86. The molecule has 1 aromatic carbocycles. The molecule has 0 saturated heterocycles. The Kier molecular flexibility index (Phi) is 2.95. The maximum Gasteiger partial charge on any atom is 0.353 e. The average Bonchev–Trinajstić information content (AvgIpc) is 2.77. The highest BCUT2D eigenvalue weighted by Crippen LogP contribution is 2.25. The van der Waals surface area contributed by atoms with E-state index in [0.717, 1.165) is 5.56 Å². The lowest BCUT2D eigenvalue weighted by atomic mass is 9.86. The summed E-state index contributed by atoms with van der Waals surface area (Å²) in [7, 11) is 0. The zero-order valence-electron chi connectivity index (χ0n) is 10.7. The monoisotopic (exact) mass is 244 g/mol. The van der Waals surface area contributed by atoms with Gasteiger partial charge in [-0.3, -0.25) is 5.10 Å². The number of aromatic amines is 1. The number of aromatic nitrogens is 2. The summed E-state index contributed by atoms with van der Waals surface area (Å²) in [5, 5.41) is 15.3. The van der Waals surface area contributed by atoms with E-state index in [1.165, 1.54) is 11.6 Å². The van der Waals surface area contributed by atoms with Crippen molar-refractivity contribution in [2.75, 3.05) is 0 Å². The van der Waals surface area contributed by atoms with Gasteiger partial charge in [0.2, 0.25) is 0 Å². The minimum atomic E-state index is -1.000. The van der Waals surface area contributed by atoms with Crippen molar-refractivity contribution in [3.8, 4) is 11.3 Å². The summed E-state index contributed by atoms with van der Waals surface area (Å²) < 4.78 is 0. The third-order valence-corrected chi connectivity index (χ3v) is 2.85. The van der Waals surface area contributed by atoms with Crippen molar-refractivity contribution < 1.29 is 9.90 Å². The number of aromatic carboxylic acids is 1. The molecule has 4 nitrogen and oxygen atoms in total. The lowest BCUT2D eigenvalue weighted by Gasteiger charge is -2.18. The first kappa shape index (κ1) is 12.4. The number of nitrogens with zero attached hydrogens (tertiary/aromatic N) is 1. The quantitative estimate of drug-likeness (QED) is 0.853. The number of hydrogen-bond donors (Lipinski definition) is 2. The predicted octanol–water partition coefficient (Wildman–Crippen LogP) is 3.07. The van der Waals surface area contributed by atoms with Crippen LogP contribution in [0.1, 0.15) is 36.8 Å². The molecule has 2 N–H and O–H groups in total. The van der Waals surface area contributed by atoms with Gasteiger partial charge >= 0.3 is 5.97 Å². The minimum Gasteiger partial charge on any atom is -0.477 e. The molecule has 0 aliphatic carbocycles. The molecule has 4 heteroatoms. The fourth-order valence-corrected chi connectivity index (χ4v) is 1.72. The largest absolute Gasteiger partial charge is 0.477 e. The molecule has 0 unspecified atom stereocenters. The van der Waals surface area contributed by atoms with Crippen LogP contribution < -0.4 is 0 Å². The lowest BCUT2D eigenvalue weighted by Crippen LogP contribution is -2.10. The van der Waals surface area contributed by atoms with E-state index < -0.39 is 5.97 Å². The second-order valence-electron chi connectivity index (χ2n) is 5.30. The summed E-state index contributed by atoms with van der Waals surface area (Å²) in [5.41, 5.74) is 3.00. The highest BCUT2D eigenvalue weighted by atomic mass is 16.4. The van der Waals surface area contributed by atoms with Crippen LogP contribution in [0.2, 0.25) is 0 Å². The molecule has 2 aromatic rings. The van der Waals surface area contributed by atoms with Crippen LogP contribution in [0.3, 0.4) is 0 Å². The standard InChI is InChI=1S/C14H16N2O2/c1-14(2,3)10-6-4-9(5-7-10)11-8-12(13(17)18)16-15-11/h4-8H,1-3H3,(H,15,16)(H,17,18). The topological polar surface area (TPSA) is 66.0 Å². The smallest absolute Gasteiger partial charge is 0.353 e. The number of nitrogens with one attached hydrogen (secondary N) is 1. The first-order valence-electron chi connectivity index (χ1n) is 5.77. The van der Waals surface area contributed by atoms with Gasteiger partial charge in [0.25, 0.3) is 0 Å². The highest BCUT2D eigenvalue weighted by Gasteiger charge is 2.14. The van der Waals surface area contributed by atoms with E-state index in [4.69, 9.17) is 5.11 Å². The maximum atomic E-state index is 10.8. The summed E-state index contributed by atoms with van der Waals surface area (Å²) in [6, 6.07) is 9.55. The first-order valence-corrected chi connectivity index (χ1v) is 5.77. The van der Waals surface area contributed by atoms with Crippen molar-refractivity contribution in [2.45, 2.75) is 26.2 Å². The maximum absolute atomic E-state index is 10.8. The second kappa shape index (κ2) is 4.29. The average molecular weight is 244 g/mol. The predicted molar refractivity (Wildman–Crippen MR) is 69.7 cm³/mol. The molecule has 0 spiro atoms. The van der Waals surface area contributed by atoms with Crippen LogP contribution in [0, 0.1) is 0 Å². The zero-order valence-corrected chi connectivity index (χ0v) is 10.7. The van der Waals surface area contributed by atoms with Gasteiger partial charge in [-0.1, -0.05) is 45.0 Å². The number of carboxylic acids is 1. The normalized spacial score (nSPS) is 11.5. The van der Waals surface area contributed by atoms with Crippen molar-refractivity contribution in [1.82, 2.24) is 10.2 Å².